The van der Waals surface area contributed by atoms with E-state index in [4.69, 9.17) is 4.74 Å². The molecule has 2 N–H and O–H groups in total. The summed E-state index contributed by atoms with van der Waals surface area (Å²) in [5.74, 6) is 0. The Morgan fingerprint density at radius 2 is 2.13 bits per heavy atom. The molecule has 124 valence electrons. The van der Waals surface area contributed by atoms with Crippen molar-refractivity contribution < 1.29 is 9.53 Å². The van der Waals surface area contributed by atoms with Gasteiger partial charge in [-0.1, -0.05) is 12.1 Å². The summed E-state index contributed by atoms with van der Waals surface area (Å²) in [6.07, 6.45) is 0. The molecule has 0 aliphatic carbocycles. The topological polar surface area (TPSA) is 68.2 Å². The van der Waals surface area contributed by atoms with Gasteiger partial charge >= 0.3 is 6.03 Å². The number of hydrogen-bond acceptors (Lipinski definition) is 3. The van der Waals surface area contributed by atoms with E-state index in [1.165, 1.54) is 0 Å². The number of aromatic nitrogens is 2. The van der Waals surface area contributed by atoms with Crippen molar-refractivity contribution >= 4 is 11.7 Å². The lowest BCUT2D eigenvalue weighted by molar-refractivity contribution is 0.185. The van der Waals surface area contributed by atoms with Crippen molar-refractivity contribution in [3.63, 3.8) is 0 Å². The van der Waals surface area contributed by atoms with E-state index >= 15 is 0 Å². The number of ether oxygens (including phenoxy) is 1. The Morgan fingerprint density at radius 3 is 2.74 bits per heavy atom. The Labute approximate surface area is 136 Å². The van der Waals surface area contributed by atoms with Gasteiger partial charge in [0.25, 0.3) is 0 Å². The summed E-state index contributed by atoms with van der Waals surface area (Å²) in [5.41, 5.74) is 4.79. The maximum atomic E-state index is 12.2. The number of methoxy groups -OCH3 is 1. The van der Waals surface area contributed by atoms with E-state index in [1.807, 2.05) is 56.8 Å². The standard InChI is InChI=1S/C17H24N4O2/c1-11(16-12(2)20-21(4)13(16)3)18-17(22)19-15-8-6-7-14(9-15)10-23-5/h6-9,11H,10H2,1-5H3,(H2,18,19,22)/t11-/m0/s1. The molecule has 23 heavy (non-hydrogen) atoms. The number of benzene rings is 1. The van der Waals surface area contributed by atoms with Crippen LogP contribution in [-0.2, 0) is 18.4 Å². The van der Waals surface area contributed by atoms with Crippen LogP contribution in [0.5, 0.6) is 0 Å². The van der Waals surface area contributed by atoms with Crippen molar-refractivity contribution in [3.8, 4) is 0 Å². The normalized spacial score (nSPS) is 12.0. The van der Waals surface area contributed by atoms with Crippen LogP contribution in [0.15, 0.2) is 24.3 Å². The quantitative estimate of drug-likeness (QED) is 0.891. The Kier molecular flexibility index (Phi) is 5.39. The summed E-state index contributed by atoms with van der Waals surface area (Å²) in [4.78, 5) is 12.2. The van der Waals surface area contributed by atoms with Crippen LogP contribution >= 0.6 is 0 Å². The van der Waals surface area contributed by atoms with Crippen molar-refractivity contribution in [1.29, 1.82) is 0 Å². The molecule has 0 unspecified atom stereocenters. The fourth-order valence-electron chi connectivity index (χ4n) is 2.76. The first-order valence-corrected chi connectivity index (χ1v) is 7.58. The van der Waals surface area contributed by atoms with E-state index < -0.39 is 0 Å². The Balaban J connectivity index is 2.03. The molecule has 1 atom stereocenters. The van der Waals surface area contributed by atoms with Crippen LogP contribution in [0.3, 0.4) is 0 Å². The van der Waals surface area contributed by atoms with Crippen LogP contribution in [0.1, 0.15) is 35.5 Å². The average molecular weight is 316 g/mol. The number of hydrogen-bond donors (Lipinski definition) is 2. The molecule has 0 spiro atoms. The highest BCUT2D eigenvalue weighted by Gasteiger charge is 2.18. The lowest BCUT2D eigenvalue weighted by Gasteiger charge is -2.16. The minimum absolute atomic E-state index is 0.120. The Hall–Kier alpha value is -2.34. The second-order valence-corrected chi connectivity index (χ2v) is 5.66. The van der Waals surface area contributed by atoms with Gasteiger partial charge in [-0.15, -0.1) is 0 Å². The molecule has 0 fully saturated rings. The number of rotatable bonds is 5. The largest absolute Gasteiger partial charge is 0.380 e. The van der Waals surface area contributed by atoms with Crippen LogP contribution < -0.4 is 10.6 Å². The maximum Gasteiger partial charge on any atom is 0.319 e. The van der Waals surface area contributed by atoms with Crippen molar-refractivity contribution in [3.05, 3.63) is 46.8 Å². The molecule has 1 aromatic heterocycles. The molecule has 2 rings (SSSR count). The number of urea groups is 1. The zero-order chi connectivity index (χ0) is 17.0. The molecule has 0 radical (unpaired) electrons. The predicted molar refractivity (Wildman–Crippen MR) is 90.4 cm³/mol. The number of amides is 2. The SMILES string of the molecule is COCc1cccc(NC(=O)N[C@@H](C)c2c(C)nn(C)c2C)c1. The summed E-state index contributed by atoms with van der Waals surface area (Å²) in [7, 11) is 3.55. The highest BCUT2D eigenvalue weighted by atomic mass is 16.5. The molecule has 2 amide bonds. The number of aryl methyl sites for hydroxylation is 2. The van der Waals surface area contributed by atoms with Crippen LogP contribution in [0.4, 0.5) is 10.5 Å². The number of nitrogens with zero attached hydrogens (tertiary/aromatic N) is 2. The third-order valence-electron chi connectivity index (χ3n) is 3.84. The molecular formula is C17H24N4O2. The Bertz CT molecular complexity index is 694. The molecule has 0 bridgehead atoms. The predicted octanol–water partition coefficient (Wildman–Crippen LogP) is 3.07. The van der Waals surface area contributed by atoms with Gasteiger partial charge in [0.2, 0.25) is 0 Å². The molecule has 0 saturated carbocycles. The Morgan fingerprint density at radius 1 is 1.39 bits per heavy atom. The van der Waals surface area contributed by atoms with Gasteiger partial charge in [-0.2, -0.15) is 5.10 Å². The molecule has 1 heterocycles. The van der Waals surface area contributed by atoms with Gasteiger partial charge in [0.1, 0.15) is 0 Å². The summed E-state index contributed by atoms with van der Waals surface area (Å²) in [6.45, 7) is 6.42. The van der Waals surface area contributed by atoms with Crippen molar-refractivity contribution in [2.75, 3.05) is 12.4 Å². The van der Waals surface area contributed by atoms with Gasteiger partial charge in [0.05, 0.1) is 18.3 Å². The van der Waals surface area contributed by atoms with Gasteiger partial charge in [-0.25, -0.2) is 4.79 Å². The zero-order valence-electron chi connectivity index (χ0n) is 14.3. The molecule has 6 heteroatoms. The average Bonchev–Trinajstić information content (AvgIpc) is 2.72. The minimum atomic E-state index is -0.241. The number of anilines is 1. The first-order chi connectivity index (χ1) is 10.9. The fourth-order valence-corrected chi connectivity index (χ4v) is 2.76. The molecule has 2 aromatic rings. The first-order valence-electron chi connectivity index (χ1n) is 7.58. The van der Waals surface area contributed by atoms with E-state index in [0.29, 0.717) is 6.61 Å². The van der Waals surface area contributed by atoms with Gasteiger partial charge in [-0.05, 0) is 38.5 Å². The van der Waals surface area contributed by atoms with Gasteiger partial charge in [0, 0.05) is 31.1 Å². The molecular weight excluding hydrogens is 292 g/mol. The maximum absolute atomic E-state index is 12.2. The summed E-state index contributed by atoms with van der Waals surface area (Å²) < 4.78 is 6.93. The highest BCUT2D eigenvalue weighted by Crippen LogP contribution is 2.20. The van der Waals surface area contributed by atoms with E-state index in [1.54, 1.807) is 7.11 Å². The van der Waals surface area contributed by atoms with Gasteiger partial charge in [-0.3, -0.25) is 4.68 Å². The second kappa shape index (κ2) is 7.28. The number of carbonyl (C=O) groups excluding carboxylic acids is 1. The smallest absolute Gasteiger partial charge is 0.319 e. The molecule has 6 nitrogen and oxygen atoms in total. The van der Waals surface area contributed by atoms with Crippen LogP contribution in [0.2, 0.25) is 0 Å². The van der Waals surface area contributed by atoms with E-state index in [-0.39, 0.29) is 12.1 Å². The third kappa shape index (κ3) is 4.10. The van der Waals surface area contributed by atoms with E-state index in [9.17, 15) is 4.79 Å². The fraction of sp³-hybridized carbons (Fsp3) is 0.412. The lowest BCUT2D eigenvalue weighted by Crippen LogP contribution is -2.31. The molecule has 0 aliphatic heterocycles. The summed E-state index contributed by atoms with van der Waals surface area (Å²) in [5, 5.41) is 10.2. The lowest BCUT2D eigenvalue weighted by atomic mass is 10.1. The molecule has 0 aliphatic rings. The molecule has 1 aromatic carbocycles. The first kappa shape index (κ1) is 17.0. The van der Waals surface area contributed by atoms with E-state index in [0.717, 1.165) is 28.2 Å². The van der Waals surface area contributed by atoms with Gasteiger partial charge in [0.15, 0.2) is 0 Å². The van der Waals surface area contributed by atoms with Crippen LogP contribution in [-0.4, -0.2) is 22.9 Å². The summed E-state index contributed by atoms with van der Waals surface area (Å²) >= 11 is 0. The van der Waals surface area contributed by atoms with Crippen molar-refractivity contribution in [2.45, 2.75) is 33.4 Å². The second-order valence-electron chi connectivity index (χ2n) is 5.66. The number of carbonyl (C=O) groups is 1. The zero-order valence-corrected chi connectivity index (χ0v) is 14.3. The van der Waals surface area contributed by atoms with Crippen LogP contribution in [0.25, 0.3) is 0 Å². The third-order valence-corrected chi connectivity index (χ3v) is 3.84. The monoisotopic (exact) mass is 316 g/mol. The number of nitrogens with one attached hydrogen (secondary N) is 2. The van der Waals surface area contributed by atoms with Gasteiger partial charge < -0.3 is 15.4 Å². The molecule has 0 saturated heterocycles. The van der Waals surface area contributed by atoms with Crippen molar-refractivity contribution in [2.24, 2.45) is 7.05 Å². The van der Waals surface area contributed by atoms with Crippen molar-refractivity contribution in [1.82, 2.24) is 15.1 Å². The van der Waals surface area contributed by atoms with Crippen LogP contribution in [0, 0.1) is 13.8 Å². The highest BCUT2D eigenvalue weighted by molar-refractivity contribution is 5.89. The summed E-state index contributed by atoms with van der Waals surface area (Å²) in [6, 6.07) is 7.24. The minimum Gasteiger partial charge on any atom is -0.380 e. The van der Waals surface area contributed by atoms with E-state index in [2.05, 4.69) is 15.7 Å².